The van der Waals surface area contributed by atoms with Gasteiger partial charge in [0.2, 0.25) is 0 Å². The maximum atomic E-state index is 11.5. The Morgan fingerprint density at radius 1 is 0.880 bits per heavy atom. The zero-order valence-corrected chi connectivity index (χ0v) is 16.2. The number of epoxide rings is 2. The highest BCUT2D eigenvalue weighted by molar-refractivity contribution is 5.69. The first kappa shape index (κ1) is 20.7. The lowest BCUT2D eigenvalue weighted by atomic mass is 10.0. The lowest BCUT2D eigenvalue weighted by molar-refractivity contribution is -0.144. The van der Waals surface area contributed by atoms with Gasteiger partial charge in [-0.1, -0.05) is 71.1 Å². The topological polar surface area (TPSA) is 51.4 Å². The van der Waals surface area contributed by atoms with Crippen molar-refractivity contribution in [3.05, 3.63) is 0 Å². The van der Waals surface area contributed by atoms with Gasteiger partial charge in [-0.2, -0.15) is 0 Å². The normalized spacial score (nSPS) is 24.3. The van der Waals surface area contributed by atoms with Crippen LogP contribution < -0.4 is 0 Å². The van der Waals surface area contributed by atoms with E-state index in [0.717, 1.165) is 19.4 Å². The highest BCUT2D eigenvalue weighted by Crippen LogP contribution is 2.31. The van der Waals surface area contributed by atoms with Crippen LogP contribution in [0.25, 0.3) is 0 Å². The monoisotopic (exact) mass is 354 g/mol. The smallest absolute Gasteiger partial charge is 0.305 e. The van der Waals surface area contributed by atoms with Crippen molar-refractivity contribution in [3.8, 4) is 0 Å². The average molecular weight is 355 g/mol. The third kappa shape index (κ3) is 10.9. The second-order valence-electron chi connectivity index (χ2n) is 7.71. The summed E-state index contributed by atoms with van der Waals surface area (Å²) in [5.74, 6) is -0.0700. The van der Waals surface area contributed by atoms with Crippen molar-refractivity contribution in [1.29, 1.82) is 0 Å². The zero-order chi connectivity index (χ0) is 17.7. The first-order valence-electron chi connectivity index (χ1n) is 10.7. The molecule has 0 saturated carbocycles. The first-order valence-corrected chi connectivity index (χ1v) is 10.7. The van der Waals surface area contributed by atoms with E-state index in [1.165, 1.54) is 70.6 Å². The third-order valence-electron chi connectivity index (χ3n) is 5.23. The molecule has 4 nitrogen and oxygen atoms in total. The molecule has 0 aromatic rings. The molecule has 2 aliphatic rings. The molecule has 2 heterocycles. The molecule has 2 rings (SSSR count). The summed E-state index contributed by atoms with van der Waals surface area (Å²) >= 11 is 0. The summed E-state index contributed by atoms with van der Waals surface area (Å²) in [6.07, 6.45) is 18.4. The molecule has 146 valence electrons. The molecule has 0 amide bonds. The van der Waals surface area contributed by atoms with Gasteiger partial charge in [0.25, 0.3) is 0 Å². The van der Waals surface area contributed by atoms with Gasteiger partial charge in [0.1, 0.15) is 12.7 Å². The van der Waals surface area contributed by atoms with E-state index < -0.39 is 0 Å². The van der Waals surface area contributed by atoms with Crippen LogP contribution in [0.15, 0.2) is 0 Å². The number of hydrogen-bond donors (Lipinski definition) is 0. The lowest BCUT2D eigenvalue weighted by Gasteiger charge is -2.03. The molecule has 2 fully saturated rings. The predicted octanol–water partition coefficient (Wildman–Crippen LogP) is 5.18. The summed E-state index contributed by atoms with van der Waals surface area (Å²) in [6, 6.07) is 0. The quantitative estimate of drug-likeness (QED) is 0.205. The third-order valence-corrected chi connectivity index (χ3v) is 5.23. The van der Waals surface area contributed by atoms with Crippen LogP contribution in [0.5, 0.6) is 0 Å². The molecule has 0 aromatic heterocycles. The Bertz CT molecular complexity index is 354. The first-order chi connectivity index (χ1) is 12.3. The van der Waals surface area contributed by atoms with Crippen LogP contribution in [0.4, 0.5) is 0 Å². The minimum atomic E-state index is -0.0700. The standard InChI is InChI=1S/C21H38O4/c1-2-3-4-5-7-10-13-19-20(25-19)14-11-8-6-9-12-15-21(22)24-17-18-16-23-18/h18-20H,2-17H2,1H3/t18-,19+,20-/m0/s1. The Morgan fingerprint density at radius 3 is 2.04 bits per heavy atom. The van der Waals surface area contributed by atoms with Gasteiger partial charge in [0, 0.05) is 6.42 Å². The number of carbonyl (C=O) groups is 1. The van der Waals surface area contributed by atoms with Gasteiger partial charge in [-0.3, -0.25) is 4.79 Å². The van der Waals surface area contributed by atoms with Gasteiger partial charge in [0.05, 0.1) is 18.8 Å². The average Bonchev–Trinajstić information content (AvgIpc) is 3.52. The molecule has 0 spiro atoms. The maximum absolute atomic E-state index is 11.5. The van der Waals surface area contributed by atoms with Gasteiger partial charge >= 0.3 is 5.97 Å². The Labute approximate surface area is 154 Å². The maximum Gasteiger partial charge on any atom is 0.305 e. The molecule has 0 unspecified atom stereocenters. The van der Waals surface area contributed by atoms with Crippen LogP contribution in [0, 0.1) is 0 Å². The van der Waals surface area contributed by atoms with Crippen LogP contribution in [0.3, 0.4) is 0 Å². The molecule has 0 aromatic carbocycles. The Hall–Kier alpha value is -0.610. The van der Waals surface area contributed by atoms with Gasteiger partial charge in [-0.05, 0) is 19.3 Å². The summed E-state index contributed by atoms with van der Waals surface area (Å²) in [6.45, 7) is 3.46. The van der Waals surface area contributed by atoms with Crippen molar-refractivity contribution in [1.82, 2.24) is 0 Å². The number of carbonyl (C=O) groups excluding carboxylic acids is 1. The zero-order valence-electron chi connectivity index (χ0n) is 16.2. The fourth-order valence-electron chi connectivity index (χ4n) is 3.38. The van der Waals surface area contributed by atoms with E-state index in [1.54, 1.807) is 0 Å². The van der Waals surface area contributed by atoms with Crippen LogP contribution >= 0.6 is 0 Å². The Balaban J connectivity index is 1.27. The minimum Gasteiger partial charge on any atom is -0.463 e. The predicted molar refractivity (Wildman–Crippen MR) is 99.7 cm³/mol. The van der Waals surface area contributed by atoms with E-state index in [-0.39, 0.29) is 12.1 Å². The Morgan fingerprint density at radius 2 is 1.44 bits per heavy atom. The molecule has 0 bridgehead atoms. The van der Waals surface area contributed by atoms with E-state index >= 15 is 0 Å². The van der Waals surface area contributed by atoms with E-state index in [0.29, 0.717) is 25.2 Å². The van der Waals surface area contributed by atoms with E-state index in [2.05, 4.69) is 6.92 Å². The molecule has 3 atom stereocenters. The van der Waals surface area contributed by atoms with Crippen molar-refractivity contribution in [2.75, 3.05) is 13.2 Å². The molecular formula is C21H38O4. The van der Waals surface area contributed by atoms with Crippen molar-refractivity contribution >= 4 is 5.97 Å². The second kappa shape index (κ2) is 12.7. The van der Waals surface area contributed by atoms with Crippen LogP contribution in [-0.2, 0) is 19.0 Å². The van der Waals surface area contributed by atoms with Crippen molar-refractivity contribution in [3.63, 3.8) is 0 Å². The van der Waals surface area contributed by atoms with Crippen LogP contribution in [0.2, 0.25) is 0 Å². The summed E-state index contributed by atoms with van der Waals surface area (Å²) < 4.78 is 15.9. The van der Waals surface area contributed by atoms with E-state index in [9.17, 15) is 4.79 Å². The van der Waals surface area contributed by atoms with Gasteiger partial charge in [0.15, 0.2) is 0 Å². The lowest BCUT2D eigenvalue weighted by Crippen LogP contribution is -2.09. The van der Waals surface area contributed by atoms with Gasteiger partial charge in [-0.25, -0.2) is 0 Å². The number of esters is 1. The number of ether oxygens (including phenoxy) is 3. The molecule has 2 saturated heterocycles. The molecule has 0 N–H and O–H groups in total. The van der Waals surface area contributed by atoms with Gasteiger partial charge in [-0.15, -0.1) is 0 Å². The molecule has 0 radical (unpaired) electrons. The molecule has 25 heavy (non-hydrogen) atoms. The number of unbranched alkanes of at least 4 members (excludes halogenated alkanes) is 9. The largest absolute Gasteiger partial charge is 0.463 e. The number of rotatable bonds is 17. The van der Waals surface area contributed by atoms with Crippen molar-refractivity contribution < 1.29 is 19.0 Å². The molecular weight excluding hydrogens is 316 g/mol. The summed E-state index contributed by atoms with van der Waals surface area (Å²) in [5.41, 5.74) is 0. The summed E-state index contributed by atoms with van der Waals surface area (Å²) in [5, 5.41) is 0. The molecule has 0 aliphatic carbocycles. The van der Waals surface area contributed by atoms with Crippen LogP contribution in [-0.4, -0.2) is 37.5 Å². The minimum absolute atomic E-state index is 0.0700. The summed E-state index contributed by atoms with van der Waals surface area (Å²) in [4.78, 5) is 11.5. The fraction of sp³-hybridized carbons (Fsp3) is 0.952. The fourth-order valence-corrected chi connectivity index (χ4v) is 3.38. The highest BCUT2D eigenvalue weighted by Gasteiger charge is 2.36. The Kier molecular flexibility index (Phi) is 10.5. The van der Waals surface area contributed by atoms with Crippen molar-refractivity contribution in [2.45, 2.75) is 115 Å². The molecule has 4 heteroatoms. The number of hydrogen-bond acceptors (Lipinski definition) is 4. The van der Waals surface area contributed by atoms with Crippen molar-refractivity contribution in [2.24, 2.45) is 0 Å². The van der Waals surface area contributed by atoms with Crippen LogP contribution in [0.1, 0.15) is 96.8 Å². The van der Waals surface area contributed by atoms with E-state index in [1.807, 2.05) is 0 Å². The van der Waals surface area contributed by atoms with Gasteiger partial charge < -0.3 is 14.2 Å². The summed E-state index contributed by atoms with van der Waals surface area (Å²) in [7, 11) is 0. The second-order valence-corrected chi connectivity index (χ2v) is 7.71. The van der Waals surface area contributed by atoms with E-state index in [4.69, 9.17) is 14.2 Å². The highest BCUT2D eigenvalue weighted by atomic mass is 16.6. The SMILES string of the molecule is CCCCCCCC[C@H]1O[C@H]1CCCCCCCC(=O)OC[C@@H]1CO1. The molecule has 2 aliphatic heterocycles.